The largest absolute Gasteiger partial charge is 0.496 e. The Balaban J connectivity index is 3.21. The second-order valence-electron chi connectivity index (χ2n) is 5.42. The van der Waals surface area contributed by atoms with Gasteiger partial charge in [0.05, 0.1) is 7.11 Å². The van der Waals surface area contributed by atoms with Gasteiger partial charge in [0.15, 0.2) is 0 Å². The lowest BCUT2D eigenvalue weighted by atomic mass is 9.93. The number of nitrogens with zero attached hydrogens (tertiary/aromatic N) is 1. The molecular weight excluding hydrogens is 224 g/mol. The lowest BCUT2D eigenvalue weighted by Crippen LogP contribution is -2.35. The minimum absolute atomic E-state index is 0.0911. The average Bonchev–Trinajstić information content (AvgIpc) is 2.27. The van der Waals surface area contributed by atoms with Crippen LogP contribution in [0.3, 0.4) is 0 Å². The van der Waals surface area contributed by atoms with Crippen molar-refractivity contribution in [2.45, 2.75) is 38.8 Å². The van der Waals surface area contributed by atoms with Gasteiger partial charge in [-0.15, -0.1) is 0 Å². The summed E-state index contributed by atoms with van der Waals surface area (Å²) < 4.78 is 5.42. The topological polar surface area (TPSA) is 38.5 Å². The van der Waals surface area contributed by atoms with Crippen LogP contribution in [0.25, 0.3) is 0 Å². The van der Waals surface area contributed by atoms with Crippen molar-refractivity contribution < 1.29 is 4.74 Å². The highest BCUT2D eigenvalue weighted by molar-refractivity contribution is 5.40. The van der Waals surface area contributed by atoms with Crippen molar-refractivity contribution >= 4 is 0 Å². The zero-order valence-electron chi connectivity index (χ0n) is 12.4. The van der Waals surface area contributed by atoms with Crippen molar-refractivity contribution in [3.63, 3.8) is 0 Å². The summed E-state index contributed by atoms with van der Waals surface area (Å²) in [5.41, 5.74) is 8.58. The SMILES string of the molecule is COc1ccc(C(C(C)N)N(C)C)cc1C(C)C. The van der Waals surface area contributed by atoms with E-state index in [4.69, 9.17) is 10.5 Å². The van der Waals surface area contributed by atoms with Crippen LogP contribution >= 0.6 is 0 Å². The van der Waals surface area contributed by atoms with Gasteiger partial charge < -0.3 is 15.4 Å². The Bertz CT molecular complexity index is 378. The van der Waals surface area contributed by atoms with Gasteiger partial charge >= 0.3 is 0 Å². The third-order valence-electron chi connectivity index (χ3n) is 3.27. The third-order valence-corrected chi connectivity index (χ3v) is 3.27. The maximum atomic E-state index is 6.09. The lowest BCUT2D eigenvalue weighted by Gasteiger charge is -2.29. The lowest BCUT2D eigenvalue weighted by molar-refractivity contribution is 0.266. The molecular formula is C15H26N2O. The fraction of sp³-hybridized carbons (Fsp3) is 0.600. The minimum atomic E-state index is 0.0911. The zero-order chi connectivity index (χ0) is 13.9. The van der Waals surface area contributed by atoms with Crippen LogP contribution < -0.4 is 10.5 Å². The number of likely N-dealkylation sites (N-methyl/N-ethyl adjacent to an activating group) is 1. The first-order valence-electron chi connectivity index (χ1n) is 6.48. The van der Waals surface area contributed by atoms with E-state index in [0.29, 0.717) is 5.92 Å². The van der Waals surface area contributed by atoms with Crippen molar-refractivity contribution in [1.29, 1.82) is 0 Å². The summed E-state index contributed by atoms with van der Waals surface area (Å²) in [6.45, 7) is 6.40. The highest BCUT2D eigenvalue weighted by Crippen LogP contribution is 2.31. The molecule has 0 fully saturated rings. The maximum absolute atomic E-state index is 6.09. The van der Waals surface area contributed by atoms with Gasteiger partial charge in [0.2, 0.25) is 0 Å². The predicted molar refractivity (Wildman–Crippen MR) is 77.2 cm³/mol. The van der Waals surface area contributed by atoms with E-state index >= 15 is 0 Å². The Labute approximate surface area is 111 Å². The molecule has 0 bridgehead atoms. The highest BCUT2D eigenvalue weighted by atomic mass is 16.5. The van der Waals surface area contributed by atoms with Crippen molar-refractivity contribution in [1.82, 2.24) is 4.90 Å². The molecule has 1 aromatic rings. The Morgan fingerprint density at radius 1 is 1.17 bits per heavy atom. The summed E-state index contributed by atoms with van der Waals surface area (Å²) >= 11 is 0. The molecule has 0 heterocycles. The molecule has 0 amide bonds. The summed E-state index contributed by atoms with van der Waals surface area (Å²) in [6.07, 6.45) is 0. The molecule has 0 aliphatic heterocycles. The van der Waals surface area contributed by atoms with E-state index < -0.39 is 0 Å². The summed E-state index contributed by atoms with van der Waals surface area (Å²) in [7, 11) is 5.84. The predicted octanol–water partition coefficient (Wildman–Crippen LogP) is 2.77. The molecule has 1 aromatic carbocycles. The third kappa shape index (κ3) is 3.24. The second kappa shape index (κ2) is 6.21. The van der Waals surface area contributed by atoms with E-state index in [1.54, 1.807) is 7.11 Å². The fourth-order valence-electron chi connectivity index (χ4n) is 2.46. The first-order valence-corrected chi connectivity index (χ1v) is 6.48. The van der Waals surface area contributed by atoms with Gasteiger partial charge in [-0.2, -0.15) is 0 Å². The van der Waals surface area contributed by atoms with Gasteiger partial charge in [-0.3, -0.25) is 0 Å². The average molecular weight is 250 g/mol. The quantitative estimate of drug-likeness (QED) is 0.873. The summed E-state index contributed by atoms with van der Waals surface area (Å²) in [6, 6.07) is 6.70. The number of hydrogen-bond acceptors (Lipinski definition) is 3. The van der Waals surface area contributed by atoms with E-state index in [1.165, 1.54) is 11.1 Å². The monoisotopic (exact) mass is 250 g/mol. The Hall–Kier alpha value is -1.06. The van der Waals surface area contributed by atoms with Crippen LogP contribution in [0.5, 0.6) is 5.75 Å². The molecule has 2 atom stereocenters. The van der Waals surface area contributed by atoms with Gasteiger partial charge in [0, 0.05) is 12.1 Å². The molecule has 102 valence electrons. The number of rotatable bonds is 5. The molecule has 0 aliphatic carbocycles. The zero-order valence-corrected chi connectivity index (χ0v) is 12.4. The molecule has 0 saturated carbocycles. The van der Waals surface area contributed by atoms with E-state index in [-0.39, 0.29) is 12.1 Å². The molecule has 2 N–H and O–H groups in total. The van der Waals surface area contributed by atoms with E-state index in [9.17, 15) is 0 Å². The normalized spacial score (nSPS) is 14.9. The molecule has 18 heavy (non-hydrogen) atoms. The van der Waals surface area contributed by atoms with Crippen LogP contribution in [0.2, 0.25) is 0 Å². The molecule has 2 unspecified atom stereocenters. The van der Waals surface area contributed by atoms with Crippen LogP contribution in [0.4, 0.5) is 0 Å². The number of benzene rings is 1. The summed E-state index contributed by atoms with van der Waals surface area (Å²) in [5, 5.41) is 0. The van der Waals surface area contributed by atoms with Gasteiger partial charge in [-0.1, -0.05) is 26.0 Å². The summed E-state index contributed by atoms with van der Waals surface area (Å²) in [4.78, 5) is 2.16. The van der Waals surface area contributed by atoms with E-state index in [0.717, 1.165) is 5.75 Å². The molecule has 0 spiro atoms. The number of nitrogens with two attached hydrogens (primary N) is 1. The van der Waals surface area contributed by atoms with Crippen LogP contribution in [0, 0.1) is 0 Å². The van der Waals surface area contributed by atoms with Crippen molar-refractivity contribution in [2.24, 2.45) is 5.73 Å². The second-order valence-corrected chi connectivity index (χ2v) is 5.42. The van der Waals surface area contributed by atoms with Gasteiger partial charge in [-0.25, -0.2) is 0 Å². The van der Waals surface area contributed by atoms with Crippen molar-refractivity contribution in [2.75, 3.05) is 21.2 Å². The van der Waals surface area contributed by atoms with E-state index in [2.05, 4.69) is 45.0 Å². The smallest absolute Gasteiger partial charge is 0.122 e. The first-order chi connectivity index (χ1) is 8.38. The van der Waals surface area contributed by atoms with Crippen molar-refractivity contribution in [3.8, 4) is 5.75 Å². The Morgan fingerprint density at radius 3 is 2.17 bits per heavy atom. The van der Waals surface area contributed by atoms with Crippen LogP contribution in [0.15, 0.2) is 18.2 Å². The molecule has 3 nitrogen and oxygen atoms in total. The number of ether oxygens (including phenoxy) is 1. The maximum Gasteiger partial charge on any atom is 0.122 e. The fourth-order valence-corrected chi connectivity index (χ4v) is 2.46. The standard InChI is InChI=1S/C15H26N2O/c1-10(2)13-9-12(7-8-14(13)18-6)15(11(3)16)17(4)5/h7-11,15H,16H2,1-6H3. The van der Waals surface area contributed by atoms with Crippen LogP contribution in [-0.2, 0) is 0 Å². The minimum Gasteiger partial charge on any atom is -0.496 e. The Kier molecular flexibility index (Phi) is 5.17. The van der Waals surface area contributed by atoms with Crippen LogP contribution in [0.1, 0.15) is 43.9 Å². The van der Waals surface area contributed by atoms with Gasteiger partial charge in [0.25, 0.3) is 0 Å². The van der Waals surface area contributed by atoms with Gasteiger partial charge in [0.1, 0.15) is 5.75 Å². The highest BCUT2D eigenvalue weighted by Gasteiger charge is 2.20. The molecule has 0 aromatic heterocycles. The van der Waals surface area contributed by atoms with Crippen LogP contribution in [-0.4, -0.2) is 32.1 Å². The number of hydrogen-bond donors (Lipinski definition) is 1. The van der Waals surface area contributed by atoms with E-state index in [1.807, 2.05) is 13.0 Å². The summed E-state index contributed by atoms with van der Waals surface area (Å²) in [5.74, 6) is 1.40. The molecule has 0 aliphatic rings. The van der Waals surface area contributed by atoms with Gasteiger partial charge in [-0.05, 0) is 44.1 Å². The van der Waals surface area contributed by atoms with Crippen molar-refractivity contribution in [3.05, 3.63) is 29.3 Å². The first kappa shape index (κ1) is 15.0. The molecule has 0 radical (unpaired) electrons. The Morgan fingerprint density at radius 2 is 1.78 bits per heavy atom. The number of methoxy groups -OCH3 is 1. The molecule has 0 saturated heterocycles. The molecule has 3 heteroatoms. The molecule has 1 rings (SSSR count).